The second kappa shape index (κ2) is 6.10. The SMILES string of the molecule is CCC(N)CSCc1ccc(C)cc1. The van der Waals surface area contributed by atoms with Crippen molar-refractivity contribution in [1.82, 2.24) is 0 Å². The highest BCUT2D eigenvalue weighted by Crippen LogP contribution is 2.13. The zero-order valence-corrected chi connectivity index (χ0v) is 9.81. The zero-order chi connectivity index (χ0) is 10.4. The highest BCUT2D eigenvalue weighted by Gasteiger charge is 1.99. The summed E-state index contributed by atoms with van der Waals surface area (Å²) in [7, 11) is 0. The van der Waals surface area contributed by atoms with E-state index in [0.717, 1.165) is 17.9 Å². The van der Waals surface area contributed by atoms with Crippen molar-refractivity contribution < 1.29 is 0 Å². The van der Waals surface area contributed by atoms with Crippen LogP contribution in [0.15, 0.2) is 24.3 Å². The fourth-order valence-corrected chi connectivity index (χ4v) is 2.21. The maximum atomic E-state index is 5.84. The Kier molecular flexibility index (Phi) is 5.05. The first kappa shape index (κ1) is 11.6. The topological polar surface area (TPSA) is 26.0 Å². The minimum atomic E-state index is 0.352. The minimum absolute atomic E-state index is 0.352. The van der Waals surface area contributed by atoms with Gasteiger partial charge in [-0.15, -0.1) is 0 Å². The predicted molar refractivity (Wildman–Crippen MR) is 65.6 cm³/mol. The number of benzene rings is 1. The zero-order valence-electron chi connectivity index (χ0n) is 8.99. The Balaban J connectivity index is 2.28. The molecule has 2 N–H and O–H groups in total. The normalized spacial score (nSPS) is 12.8. The van der Waals surface area contributed by atoms with Gasteiger partial charge in [0.05, 0.1) is 0 Å². The van der Waals surface area contributed by atoms with Crippen LogP contribution >= 0.6 is 11.8 Å². The van der Waals surface area contributed by atoms with Gasteiger partial charge in [0.1, 0.15) is 0 Å². The Labute approximate surface area is 91.1 Å². The molecule has 0 aliphatic heterocycles. The monoisotopic (exact) mass is 209 g/mol. The van der Waals surface area contributed by atoms with Crippen molar-refractivity contribution in [1.29, 1.82) is 0 Å². The summed E-state index contributed by atoms with van der Waals surface area (Å²) in [6.45, 7) is 4.25. The number of hydrogen-bond acceptors (Lipinski definition) is 2. The van der Waals surface area contributed by atoms with Crippen molar-refractivity contribution in [2.75, 3.05) is 5.75 Å². The number of rotatable bonds is 5. The van der Waals surface area contributed by atoms with Crippen LogP contribution in [0.3, 0.4) is 0 Å². The second-order valence-electron chi connectivity index (χ2n) is 3.67. The second-order valence-corrected chi connectivity index (χ2v) is 4.70. The average Bonchev–Trinajstić information content (AvgIpc) is 2.21. The largest absolute Gasteiger partial charge is 0.327 e. The van der Waals surface area contributed by atoms with Gasteiger partial charge in [-0.3, -0.25) is 0 Å². The Bertz CT molecular complexity index is 256. The molecule has 0 aliphatic rings. The van der Waals surface area contributed by atoms with Gasteiger partial charge in [0.15, 0.2) is 0 Å². The summed E-state index contributed by atoms with van der Waals surface area (Å²) >= 11 is 1.92. The molecular formula is C12H19NS. The molecule has 1 nitrogen and oxygen atoms in total. The number of aryl methyl sites for hydroxylation is 1. The lowest BCUT2D eigenvalue weighted by Crippen LogP contribution is -2.21. The highest BCUT2D eigenvalue weighted by molar-refractivity contribution is 7.98. The fourth-order valence-electron chi connectivity index (χ4n) is 1.13. The molecule has 0 aromatic heterocycles. The lowest BCUT2D eigenvalue weighted by atomic mass is 10.2. The quantitative estimate of drug-likeness (QED) is 0.807. The van der Waals surface area contributed by atoms with Crippen LogP contribution in [0.25, 0.3) is 0 Å². The van der Waals surface area contributed by atoms with E-state index in [-0.39, 0.29) is 0 Å². The van der Waals surface area contributed by atoms with Crippen LogP contribution in [0.2, 0.25) is 0 Å². The van der Waals surface area contributed by atoms with Crippen molar-refractivity contribution in [3.05, 3.63) is 35.4 Å². The van der Waals surface area contributed by atoms with Gasteiger partial charge in [0.2, 0.25) is 0 Å². The van der Waals surface area contributed by atoms with Crippen LogP contribution in [0.4, 0.5) is 0 Å². The summed E-state index contributed by atoms with van der Waals surface area (Å²) < 4.78 is 0. The Hall–Kier alpha value is -0.470. The first-order chi connectivity index (χ1) is 6.72. The van der Waals surface area contributed by atoms with Gasteiger partial charge >= 0.3 is 0 Å². The van der Waals surface area contributed by atoms with Crippen LogP contribution in [0, 0.1) is 6.92 Å². The number of nitrogens with two attached hydrogens (primary N) is 1. The highest BCUT2D eigenvalue weighted by atomic mass is 32.2. The van der Waals surface area contributed by atoms with Crippen molar-refractivity contribution in [2.24, 2.45) is 5.73 Å². The molecule has 78 valence electrons. The van der Waals surface area contributed by atoms with E-state index in [1.54, 1.807) is 0 Å². The summed E-state index contributed by atoms with van der Waals surface area (Å²) in [5, 5.41) is 0. The fraction of sp³-hybridized carbons (Fsp3) is 0.500. The molecule has 1 atom stereocenters. The summed E-state index contributed by atoms with van der Waals surface area (Å²) in [5.41, 5.74) is 8.56. The van der Waals surface area contributed by atoms with Gasteiger partial charge in [-0.05, 0) is 18.9 Å². The molecule has 0 aliphatic carbocycles. The maximum Gasteiger partial charge on any atom is 0.0185 e. The first-order valence-corrected chi connectivity index (χ1v) is 6.26. The number of hydrogen-bond donors (Lipinski definition) is 1. The van der Waals surface area contributed by atoms with Crippen molar-refractivity contribution >= 4 is 11.8 Å². The molecule has 0 radical (unpaired) electrons. The summed E-state index contributed by atoms with van der Waals surface area (Å²) in [5.74, 6) is 2.14. The summed E-state index contributed by atoms with van der Waals surface area (Å²) in [6.07, 6.45) is 1.07. The molecule has 0 amide bonds. The van der Waals surface area contributed by atoms with Gasteiger partial charge in [0, 0.05) is 17.5 Å². The molecule has 0 saturated heterocycles. The van der Waals surface area contributed by atoms with Crippen molar-refractivity contribution in [3.63, 3.8) is 0 Å². The Morgan fingerprint density at radius 3 is 2.50 bits per heavy atom. The van der Waals surface area contributed by atoms with Crippen molar-refractivity contribution in [2.45, 2.75) is 32.1 Å². The van der Waals surface area contributed by atoms with E-state index in [1.807, 2.05) is 11.8 Å². The van der Waals surface area contributed by atoms with Gasteiger partial charge in [0.25, 0.3) is 0 Å². The van der Waals surface area contributed by atoms with Crippen LogP contribution in [0.5, 0.6) is 0 Å². The third kappa shape index (κ3) is 4.16. The van der Waals surface area contributed by atoms with Gasteiger partial charge in [-0.25, -0.2) is 0 Å². The molecule has 0 heterocycles. The van der Waals surface area contributed by atoms with Crippen LogP contribution < -0.4 is 5.73 Å². The molecule has 1 unspecified atom stereocenters. The summed E-state index contributed by atoms with van der Waals surface area (Å²) in [4.78, 5) is 0. The molecule has 0 fully saturated rings. The van der Waals surface area contributed by atoms with E-state index in [2.05, 4.69) is 38.1 Å². The molecule has 1 aromatic rings. The van der Waals surface area contributed by atoms with E-state index < -0.39 is 0 Å². The van der Waals surface area contributed by atoms with E-state index >= 15 is 0 Å². The first-order valence-electron chi connectivity index (χ1n) is 5.11. The third-order valence-corrected chi connectivity index (χ3v) is 3.45. The van der Waals surface area contributed by atoms with Crippen LogP contribution in [-0.2, 0) is 5.75 Å². The number of thioether (sulfide) groups is 1. The summed E-state index contributed by atoms with van der Waals surface area (Å²) in [6, 6.07) is 9.07. The van der Waals surface area contributed by atoms with E-state index in [9.17, 15) is 0 Å². The molecule has 1 rings (SSSR count). The molecular weight excluding hydrogens is 190 g/mol. The lowest BCUT2D eigenvalue weighted by Gasteiger charge is -2.07. The van der Waals surface area contributed by atoms with Gasteiger partial charge in [-0.2, -0.15) is 11.8 Å². The minimum Gasteiger partial charge on any atom is -0.327 e. The van der Waals surface area contributed by atoms with E-state index in [4.69, 9.17) is 5.73 Å². The lowest BCUT2D eigenvalue weighted by molar-refractivity contribution is 0.725. The molecule has 0 saturated carbocycles. The molecule has 1 aromatic carbocycles. The van der Waals surface area contributed by atoms with Gasteiger partial charge in [-0.1, -0.05) is 36.8 Å². The average molecular weight is 209 g/mol. The Morgan fingerprint density at radius 1 is 1.29 bits per heavy atom. The van der Waals surface area contributed by atoms with Crippen molar-refractivity contribution in [3.8, 4) is 0 Å². The predicted octanol–water partition coefficient (Wildman–Crippen LogP) is 2.97. The Morgan fingerprint density at radius 2 is 1.93 bits per heavy atom. The standard InChI is InChI=1S/C12H19NS/c1-3-12(13)9-14-8-11-6-4-10(2)5-7-11/h4-7,12H,3,8-9,13H2,1-2H3. The molecule has 2 heteroatoms. The molecule has 14 heavy (non-hydrogen) atoms. The molecule has 0 bridgehead atoms. The van der Waals surface area contributed by atoms with Crippen LogP contribution in [-0.4, -0.2) is 11.8 Å². The molecule has 0 spiro atoms. The smallest absolute Gasteiger partial charge is 0.0185 e. The van der Waals surface area contributed by atoms with Crippen LogP contribution in [0.1, 0.15) is 24.5 Å². The third-order valence-electron chi connectivity index (χ3n) is 2.25. The maximum absolute atomic E-state index is 5.84. The van der Waals surface area contributed by atoms with E-state index in [0.29, 0.717) is 6.04 Å². The van der Waals surface area contributed by atoms with Gasteiger partial charge < -0.3 is 5.73 Å². The van der Waals surface area contributed by atoms with E-state index in [1.165, 1.54) is 11.1 Å².